The molecule has 0 aliphatic rings. The molecule has 22 heavy (non-hydrogen) atoms. The molecule has 120 valence electrons. The van der Waals surface area contributed by atoms with E-state index in [-0.39, 0.29) is 12.3 Å². The van der Waals surface area contributed by atoms with E-state index in [0.29, 0.717) is 5.56 Å². The predicted molar refractivity (Wildman–Crippen MR) is 80.8 cm³/mol. The molecule has 1 aromatic carbocycles. The molecule has 0 bridgehead atoms. The summed E-state index contributed by atoms with van der Waals surface area (Å²) in [6.07, 6.45) is -0.827. The van der Waals surface area contributed by atoms with Crippen molar-refractivity contribution in [2.45, 2.75) is 39.3 Å². The molecule has 0 fully saturated rings. The second-order valence-electron chi connectivity index (χ2n) is 5.91. The van der Waals surface area contributed by atoms with E-state index in [1.54, 1.807) is 51.1 Å². The van der Waals surface area contributed by atoms with E-state index in [1.807, 2.05) is 0 Å². The van der Waals surface area contributed by atoms with Gasteiger partial charge in [0.15, 0.2) is 5.78 Å². The van der Waals surface area contributed by atoms with Gasteiger partial charge in [-0.25, -0.2) is 9.59 Å². The van der Waals surface area contributed by atoms with Crippen LogP contribution in [0.5, 0.6) is 0 Å². The lowest BCUT2D eigenvalue weighted by molar-refractivity contribution is -0.142. The first-order valence-corrected chi connectivity index (χ1v) is 6.92. The van der Waals surface area contributed by atoms with Crippen molar-refractivity contribution >= 4 is 17.8 Å². The number of carbonyl (C=O) groups is 3. The van der Waals surface area contributed by atoms with E-state index in [9.17, 15) is 14.4 Å². The third kappa shape index (κ3) is 5.20. The zero-order valence-electron chi connectivity index (χ0n) is 13.2. The van der Waals surface area contributed by atoms with Crippen LogP contribution in [0.4, 0.5) is 4.79 Å². The lowest BCUT2D eigenvalue weighted by Gasteiger charge is -2.29. The maximum atomic E-state index is 12.2. The zero-order valence-corrected chi connectivity index (χ0v) is 13.2. The topological polar surface area (TPSA) is 83.9 Å². The van der Waals surface area contributed by atoms with Crippen molar-refractivity contribution < 1.29 is 24.2 Å². The van der Waals surface area contributed by atoms with Crippen LogP contribution in [0.15, 0.2) is 30.3 Å². The van der Waals surface area contributed by atoms with Gasteiger partial charge in [-0.3, -0.25) is 9.69 Å². The molecule has 0 aromatic heterocycles. The quantitative estimate of drug-likeness (QED) is 0.845. The van der Waals surface area contributed by atoms with Crippen molar-refractivity contribution in [1.82, 2.24) is 4.90 Å². The van der Waals surface area contributed by atoms with Gasteiger partial charge in [0.05, 0.1) is 6.54 Å². The van der Waals surface area contributed by atoms with Gasteiger partial charge in [-0.1, -0.05) is 30.3 Å². The summed E-state index contributed by atoms with van der Waals surface area (Å²) in [5, 5.41) is 9.12. The van der Waals surface area contributed by atoms with Gasteiger partial charge in [0.2, 0.25) is 0 Å². The Hall–Kier alpha value is -2.37. The first kappa shape index (κ1) is 17.7. The Kier molecular flexibility index (Phi) is 5.68. The van der Waals surface area contributed by atoms with E-state index >= 15 is 0 Å². The van der Waals surface area contributed by atoms with Gasteiger partial charge in [0.25, 0.3) is 0 Å². The van der Waals surface area contributed by atoms with Gasteiger partial charge in [-0.05, 0) is 27.7 Å². The molecular weight excluding hydrogens is 286 g/mol. The number of benzene rings is 1. The number of carbonyl (C=O) groups excluding carboxylic acids is 2. The summed E-state index contributed by atoms with van der Waals surface area (Å²) >= 11 is 0. The molecule has 0 unspecified atom stereocenters. The monoisotopic (exact) mass is 307 g/mol. The molecule has 0 aliphatic carbocycles. The van der Waals surface area contributed by atoms with Crippen LogP contribution in [0.25, 0.3) is 0 Å². The Bertz CT molecular complexity index is 547. The highest BCUT2D eigenvalue weighted by atomic mass is 16.6. The Morgan fingerprint density at radius 3 is 2.18 bits per heavy atom. The van der Waals surface area contributed by atoms with Crippen molar-refractivity contribution in [3.8, 4) is 0 Å². The SMILES string of the molecule is C[C@@H](C(=O)O)N(CC(=O)c1ccccc1)C(=O)OC(C)(C)C. The van der Waals surface area contributed by atoms with E-state index in [2.05, 4.69) is 0 Å². The fourth-order valence-electron chi connectivity index (χ4n) is 1.68. The molecule has 0 saturated carbocycles. The minimum Gasteiger partial charge on any atom is -0.480 e. The van der Waals surface area contributed by atoms with Gasteiger partial charge >= 0.3 is 12.1 Å². The highest BCUT2D eigenvalue weighted by molar-refractivity contribution is 5.99. The highest BCUT2D eigenvalue weighted by Crippen LogP contribution is 2.13. The van der Waals surface area contributed by atoms with Crippen molar-refractivity contribution in [3.63, 3.8) is 0 Å². The standard InChI is InChI=1S/C16H21NO5/c1-11(14(19)20)17(15(21)22-16(2,3)4)10-13(18)12-8-6-5-7-9-12/h5-9,11H,10H2,1-4H3,(H,19,20)/t11-/m0/s1. The lowest BCUT2D eigenvalue weighted by atomic mass is 10.1. The van der Waals surface area contributed by atoms with Crippen molar-refractivity contribution in [3.05, 3.63) is 35.9 Å². The molecule has 6 heteroatoms. The maximum Gasteiger partial charge on any atom is 0.411 e. The average molecular weight is 307 g/mol. The second kappa shape index (κ2) is 7.06. The first-order chi connectivity index (χ1) is 10.1. The van der Waals surface area contributed by atoms with Crippen molar-refractivity contribution in [1.29, 1.82) is 0 Å². The Labute approximate surface area is 129 Å². The third-order valence-electron chi connectivity index (χ3n) is 2.86. The fraction of sp³-hybridized carbons (Fsp3) is 0.438. The van der Waals surface area contributed by atoms with Crippen molar-refractivity contribution in [2.75, 3.05) is 6.54 Å². The molecule has 0 saturated heterocycles. The van der Waals surface area contributed by atoms with Gasteiger partial charge in [-0.15, -0.1) is 0 Å². The van der Waals surface area contributed by atoms with Crippen LogP contribution in [0.1, 0.15) is 38.1 Å². The Morgan fingerprint density at radius 2 is 1.73 bits per heavy atom. The normalized spacial score (nSPS) is 12.4. The number of aliphatic carboxylic acids is 1. The summed E-state index contributed by atoms with van der Waals surface area (Å²) in [5.41, 5.74) is -0.364. The molecular formula is C16H21NO5. The number of amides is 1. The van der Waals surface area contributed by atoms with Gasteiger partial charge < -0.3 is 9.84 Å². The number of ether oxygens (including phenoxy) is 1. The van der Waals surface area contributed by atoms with E-state index in [0.717, 1.165) is 4.90 Å². The third-order valence-corrected chi connectivity index (χ3v) is 2.86. The number of carboxylic acid groups (broad SMARTS) is 1. The lowest BCUT2D eigenvalue weighted by Crippen LogP contribution is -2.48. The average Bonchev–Trinajstić information content (AvgIpc) is 2.42. The molecule has 1 aromatic rings. The molecule has 1 rings (SSSR count). The van der Waals surface area contributed by atoms with E-state index < -0.39 is 23.7 Å². The first-order valence-electron chi connectivity index (χ1n) is 6.92. The van der Waals surface area contributed by atoms with Crippen LogP contribution in [0, 0.1) is 0 Å². The van der Waals surface area contributed by atoms with Crippen LogP contribution < -0.4 is 0 Å². The molecule has 1 N–H and O–H groups in total. The largest absolute Gasteiger partial charge is 0.480 e. The second-order valence-corrected chi connectivity index (χ2v) is 5.91. The minimum absolute atomic E-state index is 0.348. The summed E-state index contributed by atoms with van der Waals surface area (Å²) in [7, 11) is 0. The zero-order chi connectivity index (χ0) is 16.9. The van der Waals surface area contributed by atoms with Gasteiger partial charge in [-0.2, -0.15) is 0 Å². The summed E-state index contributed by atoms with van der Waals surface area (Å²) in [6.45, 7) is 6.01. The summed E-state index contributed by atoms with van der Waals surface area (Å²) in [4.78, 5) is 36.5. The van der Waals surface area contributed by atoms with Crippen molar-refractivity contribution in [2.24, 2.45) is 0 Å². The molecule has 0 spiro atoms. The molecule has 6 nitrogen and oxygen atoms in total. The molecule has 0 radical (unpaired) electrons. The molecule has 0 aliphatic heterocycles. The van der Waals surface area contributed by atoms with Crippen LogP contribution in [0.2, 0.25) is 0 Å². The van der Waals surface area contributed by atoms with Gasteiger partial charge in [0, 0.05) is 5.56 Å². The number of ketones is 1. The van der Waals surface area contributed by atoms with E-state index in [1.165, 1.54) is 6.92 Å². The maximum absolute atomic E-state index is 12.2. The van der Waals surface area contributed by atoms with Crippen LogP contribution >= 0.6 is 0 Å². The van der Waals surface area contributed by atoms with Crippen LogP contribution in [-0.2, 0) is 9.53 Å². The van der Waals surface area contributed by atoms with Gasteiger partial charge in [0.1, 0.15) is 11.6 Å². The number of carboxylic acids is 1. The number of rotatable bonds is 5. The number of Topliss-reactive ketones (excluding diaryl/α,β-unsaturated/α-hetero) is 1. The van der Waals surface area contributed by atoms with Crippen LogP contribution in [-0.4, -0.2) is 46.0 Å². The predicted octanol–water partition coefficient (Wildman–Crippen LogP) is 2.58. The molecule has 1 atom stereocenters. The summed E-state index contributed by atoms with van der Waals surface area (Å²) < 4.78 is 5.18. The Balaban J connectivity index is 2.94. The number of hydrogen-bond acceptors (Lipinski definition) is 4. The number of nitrogens with zero attached hydrogens (tertiary/aromatic N) is 1. The summed E-state index contributed by atoms with van der Waals surface area (Å²) in [6, 6.07) is 7.23. The highest BCUT2D eigenvalue weighted by Gasteiger charge is 2.31. The summed E-state index contributed by atoms with van der Waals surface area (Å²) in [5.74, 6) is -1.55. The molecule has 1 amide bonds. The minimum atomic E-state index is -1.20. The molecule has 0 heterocycles. The number of hydrogen-bond donors (Lipinski definition) is 1. The van der Waals surface area contributed by atoms with E-state index in [4.69, 9.17) is 9.84 Å². The smallest absolute Gasteiger partial charge is 0.411 e. The van der Waals surface area contributed by atoms with Crippen LogP contribution in [0.3, 0.4) is 0 Å². The Morgan fingerprint density at radius 1 is 1.18 bits per heavy atom. The fourth-order valence-corrected chi connectivity index (χ4v) is 1.68.